The molecule has 0 aromatic heterocycles. The highest BCUT2D eigenvalue weighted by Gasteiger charge is 2.31. The molecule has 1 N–H and O–H groups in total. The summed E-state index contributed by atoms with van der Waals surface area (Å²) in [6, 6.07) is 12.6. The van der Waals surface area contributed by atoms with Crippen LogP contribution in [-0.4, -0.2) is 25.0 Å². The average Bonchev–Trinajstić information content (AvgIpc) is 2.77. The summed E-state index contributed by atoms with van der Waals surface area (Å²) < 4.78 is 0. The van der Waals surface area contributed by atoms with Crippen molar-refractivity contribution in [3.05, 3.63) is 42.0 Å². The van der Waals surface area contributed by atoms with Gasteiger partial charge in [-0.1, -0.05) is 30.7 Å². The van der Waals surface area contributed by atoms with Crippen LogP contribution >= 0.6 is 0 Å². The summed E-state index contributed by atoms with van der Waals surface area (Å²) in [6.07, 6.45) is 3.67. The van der Waals surface area contributed by atoms with Gasteiger partial charge in [-0.3, -0.25) is 4.79 Å². The molecule has 1 fully saturated rings. The van der Waals surface area contributed by atoms with Gasteiger partial charge in [0, 0.05) is 23.5 Å². The van der Waals surface area contributed by atoms with E-state index in [9.17, 15) is 4.79 Å². The Morgan fingerprint density at radius 2 is 2.00 bits per heavy atom. The van der Waals surface area contributed by atoms with Gasteiger partial charge in [0.25, 0.3) is 5.91 Å². The molecule has 2 aromatic carbocycles. The number of nitrogens with zero attached hydrogens (tertiary/aromatic N) is 1. The molecule has 0 saturated carbocycles. The van der Waals surface area contributed by atoms with Crippen LogP contribution in [0.2, 0.25) is 0 Å². The number of hydrogen-bond acceptors (Lipinski definition) is 2. The van der Waals surface area contributed by atoms with Crippen LogP contribution < -0.4 is 10.2 Å². The summed E-state index contributed by atoms with van der Waals surface area (Å²) in [6.45, 7) is 1.86. The van der Waals surface area contributed by atoms with Crippen molar-refractivity contribution in [1.82, 2.24) is 5.32 Å². The molecule has 2 aliphatic heterocycles. The molecular formula is C17H18N2O. The minimum atomic E-state index is 0.157. The maximum atomic E-state index is 12.6. The van der Waals surface area contributed by atoms with Gasteiger partial charge in [0.15, 0.2) is 0 Å². The van der Waals surface area contributed by atoms with Crippen molar-refractivity contribution in [3.8, 4) is 0 Å². The minimum Gasteiger partial charge on any atom is -0.312 e. The highest BCUT2D eigenvalue weighted by Crippen LogP contribution is 2.37. The number of carbonyl (C=O) groups is 1. The molecule has 1 atom stereocenters. The summed E-state index contributed by atoms with van der Waals surface area (Å²) in [5.41, 5.74) is 1.93. The van der Waals surface area contributed by atoms with Gasteiger partial charge in [-0.25, -0.2) is 0 Å². The quantitative estimate of drug-likeness (QED) is 0.906. The van der Waals surface area contributed by atoms with Crippen molar-refractivity contribution in [2.75, 3.05) is 18.0 Å². The number of carbonyl (C=O) groups excluding carboxylic acids is 1. The third-order valence-corrected chi connectivity index (χ3v) is 4.46. The van der Waals surface area contributed by atoms with E-state index in [2.05, 4.69) is 23.5 Å². The van der Waals surface area contributed by atoms with E-state index in [1.54, 1.807) is 0 Å². The van der Waals surface area contributed by atoms with Gasteiger partial charge in [-0.05, 0) is 36.9 Å². The minimum absolute atomic E-state index is 0.157. The Bertz CT molecular complexity index is 668. The molecule has 3 nitrogen and oxygen atoms in total. The average molecular weight is 266 g/mol. The summed E-state index contributed by atoms with van der Waals surface area (Å²) in [7, 11) is 0. The molecule has 102 valence electrons. The topological polar surface area (TPSA) is 32.3 Å². The lowest BCUT2D eigenvalue weighted by molar-refractivity contribution is 0.0989. The highest BCUT2D eigenvalue weighted by atomic mass is 16.2. The molecule has 2 heterocycles. The predicted molar refractivity (Wildman–Crippen MR) is 81.3 cm³/mol. The second kappa shape index (κ2) is 4.60. The van der Waals surface area contributed by atoms with E-state index < -0.39 is 0 Å². The Labute approximate surface area is 118 Å². The SMILES string of the molecule is O=C1c2cccc3cccc(c23)N1CC1CCCCN1. The Morgan fingerprint density at radius 3 is 2.80 bits per heavy atom. The van der Waals surface area contributed by atoms with E-state index in [0.29, 0.717) is 6.04 Å². The molecule has 4 rings (SSSR count). The van der Waals surface area contributed by atoms with Crippen LogP contribution in [-0.2, 0) is 0 Å². The number of benzene rings is 2. The van der Waals surface area contributed by atoms with Gasteiger partial charge in [-0.15, -0.1) is 0 Å². The van der Waals surface area contributed by atoms with Gasteiger partial charge < -0.3 is 10.2 Å². The first-order chi connectivity index (χ1) is 9.84. The smallest absolute Gasteiger partial charge is 0.259 e. The first-order valence-electron chi connectivity index (χ1n) is 7.41. The zero-order valence-corrected chi connectivity index (χ0v) is 11.4. The van der Waals surface area contributed by atoms with Crippen LogP contribution in [0.4, 0.5) is 5.69 Å². The van der Waals surface area contributed by atoms with E-state index in [0.717, 1.165) is 41.5 Å². The van der Waals surface area contributed by atoms with Crippen molar-refractivity contribution in [3.63, 3.8) is 0 Å². The monoisotopic (exact) mass is 266 g/mol. The largest absolute Gasteiger partial charge is 0.312 e. The molecule has 0 spiro atoms. The fourth-order valence-electron chi connectivity index (χ4n) is 3.46. The number of hydrogen-bond donors (Lipinski definition) is 1. The van der Waals surface area contributed by atoms with Crippen molar-refractivity contribution in [2.45, 2.75) is 25.3 Å². The van der Waals surface area contributed by atoms with Crippen LogP contribution in [0.1, 0.15) is 29.6 Å². The Balaban J connectivity index is 1.73. The molecule has 1 saturated heterocycles. The zero-order valence-electron chi connectivity index (χ0n) is 11.4. The maximum Gasteiger partial charge on any atom is 0.259 e. The van der Waals surface area contributed by atoms with E-state index in [1.165, 1.54) is 12.8 Å². The first-order valence-corrected chi connectivity index (χ1v) is 7.41. The van der Waals surface area contributed by atoms with Crippen molar-refractivity contribution in [1.29, 1.82) is 0 Å². The molecule has 2 aromatic rings. The number of piperidine rings is 1. The van der Waals surface area contributed by atoms with Crippen LogP contribution in [0.25, 0.3) is 10.8 Å². The van der Waals surface area contributed by atoms with Crippen LogP contribution in [0.5, 0.6) is 0 Å². The molecule has 0 bridgehead atoms. The van der Waals surface area contributed by atoms with Crippen LogP contribution in [0.3, 0.4) is 0 Å². The number of rotatable bonds is 2. The second-order valence-corrected chi connectivity index (χ2v) is 5.74. The summed E-state index contributed by atoms with van der Waals surface area (Å²) in [5.74, 6) is 0.157. The maximum absolute atomic E-state index is 12.6. The lowest BCUT2D eigenvalue weighted by atomic mass is 10.0. The number of nitrogens with one attached hydrogen (secondary N) is 1. The number of anilines is 1. The standard InChI is InChI=1S/C17H18N2O/c20-17-14-8-3-5-12-6-4-9-15(16(12)14)19(17)11-13-7-1-2-10-18-13/h3-6,8-9,13,18H,1-2,7,10-11H2. The normalized spacial score (nSPS) is 21.7. The summed E-state index contributed by atoms with van der Waals surface area (Å²) in [4.78, 5) is 14.6. The molecule has 2 aliphatic rings. The van der Waals surface area contributed by atoms with Crippen molar-refractivity contribution >= 4 is 22.4 Å². The zero-order chi connectivity index (χ0) is 13.5. The molecule has 20 heavy (non-hydrogen) atoms. The Morgan fingerprint density at radius 1 is 1.15 bits per heavy atom. The van der Waals surface area contributed by atoms with Crippen molar-refractivity contribution < 1.29 is 4.79 Å². The summed E-state index contributed by atoms with van der Waals surface area (Å²) >= 11 is 0. The highest BCUT2D eigenvalue weighted by molar-refractivity contribution is 6.25. The third-order valence-electron chi connectivity index (χ3n) is 4.46. The Kier molecular flexibility index (Phi) is 2.74. The van der Waals surface area contributed by atoms with Crippen LogP contribution in [0.15, 0.2) is 36.4 Å². The molecule has 1 amide bonds. The van der Waals surface area contributed by atoms with Gasteiger partial charge in [-0.2, -0.15) is 0 Å². The summed E-state index contributed by atoms with van der Waals surface area (Å²) in [5, 5.41) is 5.81. The van der Waals surface area contributed by atoms with Crippen molar-refractivity contribution in [2.24, 2.45) is 0 Å². The van der Waals surface area contributed by atoms with Gasteiger partial charge in [0.1, 0.15) is 0 Å². The predicted octanol–water partition coefficient (Wildman–Crippen LogP) is 2.94. The van der Waals surface area contributed by atoms with E-state index >= 15 is 0 Å². The third kappa shape index (κ3) is 1.74. The second-order valence-electron chi connectivity index (χ2n) is 5.74. The Hall–Kier alpha value is -1.87. The first kappa shape index (κ1) is 11.9. The van der Waals surface area contributed by atoms with Gasteiger partial charge in [0.05, 0.1) is 5.69 Å². The van der Waals surface area contributed by atoms with Crippen LogP contribution in [0, 0.1) is 0 Å². The lowest BCUT2D eigenvalue weighted by Crippen LogP contribution is -2.44. The fourth-order valence-corrected chi connectivity index (χ4v) is 3.46. The number of amides is 1. The van der Waals surface area contributed by atoms with E-state index in [-0.39, 0.29) is 5.91 Å². The lowest BCUT2D eigenvalue weighted by Gasteiger charge is -2.28. The van der Waals surface area contributed by atoms with E-state index in [4.69, 9.17) is 0 Å². The molecule has 1 unspecified atom stereocenters. The van der Waals surface area contributed by atoms with Gasteiger partial charge >= 0.3 is 0 Å². The molecule has 3 heteroatoms. The molecule has 0 aliphatic carbocycles. The van der Waals surface area contributed by atoms with E-state index in [1.807, 2.05) is 23.1 Å². The molecular weight excluding hydrogens is 248 g/mol. The van der Waals surface area contributed by atoms with Gasteiger partial charge in [0.2, 0.25) is 0 Å². The molecule has 0 radical (unpaired) electrons. The fraction of sp³-hybridized carbons (Fsp3) is 0.353.